The van der Waals surface area contributed by atoms with Crippen LogP contribution in [0.1, 0.15) is 5.56 Å². The molecule has 1 atom stereocenters. The SMILES string of the molecule is Nc1ccccc1S(=O)Cc1cccnc1. The molecule has 82 valence electrons. The molecule has 0 aliphatic heterocycles. The van der Waals surface area contributed by atoms with Gasteiger partial charge in [0.1, 0.15) is 0 Å². The van der Waals surface area contributed by atoms with Crippen LogP contribution in [0.15, 0.2) is 53.7 Å². The van der Waals surface area contributed by atoms with Crippen LogP contribution >= 0.6 is 0 Å². The van der Waals surface area contributed by atoms with Crippen LogP contribution in [0, 0.1) is 0 Å². The van der Waals surface area contributed by atoms with Gasteiger partial charge in [-0.2, -0.15) is 0 Å². The number of anilines is 1. The van der Waals surface area contributed by atoms with E-state index < -0.39 is 10.8 Å². The second-order valence-electron chi connectivity index (χ2n) is 3.39. The Morgan fingerprint density at radius 2 is 2.00 bits per heavy atom. The van der Waals surface area contributed by atoms with Gasteiger partial charge in [0.05, 0.1) is 21.4 Å². The summed E-state index contributed by atoms with van der Waals surface area (Å²) in [6.45, 7) is 0. The highest BCUT2D eigenvalue weighted by Crippen LogP contribution is 2.18. The Kier molecular flexibility index (Phi) is 3.31. The van der Waals surface area contributed by atoms with Crippen molar-refractivity contribution in [3.05, 3.63) is 54.4 Å². The van der Waals surface area contributed by atoms with E-state index in [-0.39, 0.29) is 0 Å². The number of rotatable bonds is 3. The number of para-hydroxylation sites is 1. The molecule has 2 N–H and O–H groups in total. The first-order valence-electron chi connectivity index (χ1n) is 4.89. The molecule has 0 aliphatic carbocycles. The second-order valence-corrected chi connectivity index (χ2v) is 4.81. The Bertz CT molecular complexity index is 499. The lowest BCUT2D eigenvalue weighted by Crippen LogP contribution is -2.00. The van der Waals surface area contributed by atoms with Gasteiger partial charge in [-0.15, -0.1) is 0 Å². The summed E-state index contributed by atoms with van der Waals surface area (Å²) in [5, 5.41) is 0. The van der Waals surface area contributed by atoms with Gasteiger partial charge in [0.15, 0.2) is 0 Å². The first kappa shape index (κ1) is 10.8. The van der Waals surface area contributed by atoms with E-state index in [1.165, 1.54) is 0 Å². The van der Waals surface area contributed by atoms with E-state index >= 15 is 0 Å². The molecule has 0 radical (unpaired) electrons. The molecule has 0 fully saturated rings. The number of pyridine rings is 1. The minimum absolute atomic E-state index is 0.446. The molecule has 4 heteroatoms. The van der Waals surface area contributed by atoms with Crippen LogP contribution in [0.25, 0.3) is 0 Å². The minimum atomic E-state index is -1.11. The number of nitrogens with two attached hydrogens (primary N) is 1. The fourth-order valence-electron chi connectivity index (χ4n) is 1.40. The summed E-state index contributed by atoms with van der Waals surface area (Å²) in [5.74, 6) is 0.446. The maximum atomic E-state index is 12.0. The molecule has 1 aromatic heterocycles. The van der Waals surface area contributed by atoms with Crippen LogP contribution in [0.2, 0.25) is 0 Å². The highest BCUT2D eigenvalue weighted by atomic mass is 32.2. The number of hydrogen-bond donors (Lipinski definition) is 1. The highest BCUT2D eigenvalue weighted by Gasteiger charge is 2.07. The summed E-state index contributed by atoms with van der Waals surface area (Å²) >= 11 is 0. The zero-order chi connectivity index (χ0) is 11.4. The predicted molar refractivity (Wildman–Crippen MR) is 65.2 cm³/mol. The topological polar surface area (TPSA) is 56.0 Å². The van der Waals surface area contributed by atoms with Crippen molar-refractivity contribution in [2.45, 2.75) is 10.6 Å². The molecule has 1 unspecified atom stereocenters. The summed E-state index contributed by atoms with van der Waals surface area (Å²) in [4.78, 5) is 4.67. The lowest BCUT2D eigenvalue weighted by atomic mass is 10.3. The molecule has 1 aromatic carbocycles. The highest BCUT2D eigenvalue weighted by molar-refractivity contribution is 7.84. The molecule has 3 nitrogen and oxygen atoms in total. The second kappa shape index (κ2) is 4.90. The fraction of sp³-hybridized carbons (Fsp3) is 0.0833. The molecule has 2 rings (SSSR count). The van der Waals surface area contributed by atoms with E-state index in [2.05, 4.69) is 4.98 Å². The maximum absolute atomic E-state index is 12.0. The third-order valence-electron chi connectivity index (χ3n) is 2.18. The average Bonchev–Trinajstić information content (AvgIpc) is 2.31. The van der Waals surface area contributed by atoms with Crippen molar-refractivity contribution in [2.75, 3.05) is 5.73 Å². The predicted octanol–water partition coefficient (Wildman–Crippen LogP) is 1.97. The largest absolute Gasteiger partial charge is 0.398 e. The van der Waals surface area contributed by atoms with Gasteiger partial charge in [0, 0.05) is 18.1 Å². The van der Waals surface area contributed by atoms with Crippen LogP contribution in [-0.2, 0) is 16.6 Å². The third-order valence-corrected chi connectivity index (χ3v) is 3.64. The van der Waals surface area contributed by atoms with Gasteiger partial charge in [0.25, 0.3) is 0 Å². The lowest BCUT2D eigenvalue weighted by molar-refractivity contribution is 0.683. The van der Waals surface area contributed by atoms with Gasteiger partial charge in [-0.1, -0.05) is 18.2 Å². The molecule has 0 aliphatic rings. The molecule has 0 bridgehead atoms. The third kappa shape index (κ3) is 2.46. The summed E-state index contributed by atoms with van der Waals surface area (Å²) in [7, 11) is -1.11. The fourth-order valence-corrected chi connectivity index (χ4v) is 2.59. The monoisotopic (exact) mass is 232 g/mol. The summed E-state index contributed by atoms with van der Waals surface area (Å²) in [6, 6.07) is 11.0. The van der Waals surface area contributed by atoms with Crippen molar-refractivity contribution >= 4 is 16.5 Å². The Morgan fingerprint density at radius 1 is 1.19 bits per heavy atom. The van der Waals surface area contributed by atoms with Crippen molar-refractivity contribution < 1.29 is 4.21 Å². The van der Waals surface area contributed by atoms with Gasteiger partial charge in [-0.3, -0.25) is 9.19 Å². The van der Waals surface area contributed by atoms with Gasteiger partial charge in [-0.05, 0) is 23.8 Å². The molecule has 2 aromatic rings. The summed E-state index contributed by atoms with van der Waals surface area (Å²) in [6.07, 6.45) is 3.42. The Morgan fingerprint density at radius 3 is 2.69 bits per heavy atom. The van der Waals surface area contributed by atoms with Crippen LogP contribution in [0.5, 0.6) is 0 Å². The molecule has 0 saturated heterocycles. The number of benzene rings is 1. The minimum Gasteiger partial charge on any atom is -0.398 e. The number of nitrogen functional groups attached to an aromatic ring is 1. The van der Waals surface area contributed by atoms with Crippen molar-refractivity contribution in [2.24, 2.45) is 0 Å². The summed E-state index contributed by atoms with van der Waals surface area (Å²) in [5.41, 5.74) is 7.29. The molecule has 16 heavy (non-hydrogen) atoms. The van der Waals surface area contributed by atoms with Gasteiger partial charge >= 0.3 is 0 Å². The Labute approximate surface area is 96.8 Å². The van der Waals surface area contributed by atoms with E-state index in [4.69, 9.17) is 5.73 Å². The quantitative estimate of drug-likeness (QED) is 0.823. The van der Waals surface area contributed by atoms with Gasteiger partial charge in [-0.25, -0.2) is 0 Å². The first-order chi connectivity index (χ1) is 7.77. The molecular formula is C12H12N2OS. The molecule has 0 spiro atoms. The lowest BCUT2D eigenvalue weighted by Gasteiger charge is -2.04. The normalized spacial score (nSPS) is 12.2. The number of hydrogen-bond acceptors (Lipinski definition) is 3. The van der Waals surface area contributed by atoms with E-state index in [1.807, 2.05) is 24.3 Å². The molecular weight excluding hydrogens is 220 g/mol. The van der Waals surface area contributed by atoms with E-state index in [0.717, 1.165) is 5.56 Å². The standard InChI is InChI=1S/C12H12N2OS/c13-11-5-1-2-6-12(11)16(15)9-10-4-3-7-14-8-10/h1-8H,9,13H2. The average molecular weight is 232 g/mol. The Balaban J connectivity index is 2.19. The molecule has 0 saturated carbocycles. The van der Waals surface area contributed by atoms with Crippen LogP contribution in [0.4, 0.5) is 5.69 Å². The van der Waals surface area contributed by atoms with E-state index in [9.17, 15) is 4.21 Å². The zero-order valence-electron chi connectivity index (χ0n) is 8.67. The zero-order valence-corrected chi connectivity index (χ0v) is 9.48. The van der Waals surface area contributed by atoms with E-state index in [0.29, 0.717) is 16.3 Å². The van der Waals surface area contributed by atoms with Crippen LogP contribution in [0.3, 0.4) is 0 Å². The van der Waals surface area contributed by atoms with Crippen LogP contribution in [-0.4, -0.2) is 9.19 Å². The van der Waals surface area contributed by atoms with E-state index in [1.54, 1.807) is 24.5 Å². The maximum Gasteiger partial charge on any atom is 0.0620 e. The Hall–Kier alpha value is -1.68. The van der Waals surface area contributed by atoms with Crippen molar-refractivity contribution in [1.82, 2.24) is 4.98 Å². The van der Waals surface area contributed by atoms with Gasteiger partial charge < -0.3 is 5.73 Å². The van der Waals surface area contributed by atoms with Crippen LogP contribution < -0.4 is 5.73 Å². The summed E-state index contributed by atoms with van der Waals surface area (Å²) < 4.78 is 12.0. The smallest absolute Gasteiger partial charge is 0.0620 e. The number of aromatic nitrogens is 1. The number of nitrogens with zero attached hydrogens (tertiary/aromatic N) is 1. The van der Waals surface area contributed by atoms with Crippen molar-refractivity contribution in [3.63, 3.8) is 0 Å². The molecule has 1 heterocycles. The first-order valence-corrected chi connectivity index (χ1v) is 6.21. The van der Waals surface area contributed by atoms with Gasteiger partial charge in [0.2, 0.25) is 0 Å². The molecule has 0 amide bonds. The van der Waals surface area contributed by atoms with Crippen molar-refractivity contribution in [1.29, 1.82) is 0 Å². The van der Waals surface area contributed by atoms with Crippen molar-refractivity contribution in [3.8, 4) is 0 Å².